The van der Waals surface area contributed by atoms with Crippen LogP contribution in [-0.2, 0) is 9.53 Å². The number of carbonyl (C=O) groups excluding carboxylic acids is 2. The number of anilines is 1. The molecular weight excluding hydrogens is 276 g/mol. The topological polar surface area (TPSA) is 81.4 Å². The Bertz CT molecular complexity index is 636. The van der Waals surface area contributed by atoms with E-state index < -0.39 is 0 Å². The summed E-state index contributed by atoms with van der Waals surface area (Å²) in [6.45, 7) is 0.239. The Kier molecular flexibility index (Phi) is 4.57. The van der Waals surface area contributed by atoms with Crippen LogP contribution in [0.5, 0.6) is 0 Å². The van der Waals surface area contributed by atoms with Crippen LogP contribution in [0.3, 0.4) is 0 Å². The number of nitrogens with two attached hydrogens (primary N) is 1. The molecule has 0 saturated heterocycles. The van der Waals surface area contributed by atoms with Crippen molar-refractivity contribution in [1.29, 1.82) is 0 Å². The maximum absolute atomic E-state index is 11.9. The molecule has 0 atom stereocenters. The number of nitrogens with one attached hydrogen (secondary N) is 1. The predicted octanol–water partition coefficient (Wildman–Crippen LogP) is 2.17. The van der Waals surface area contributed by atoms with Gasteiger partial charge in [-0.05, 0) is 36.1 Å². The molecule has 0 aliphatic rings. The van der Waals surface area contributed by atoms with Gasteiger partial charge in [-0.15, -0.1) is 11.3 Å². The molecule has 0 fully saturated rings. The number of amides is 1. The quantitative estimate of drug-likeness (QED) is 0.503. The largest absolute Gasteiger partial charge is 0.461 e. The van der Waals surface area contributed by atoms with Gasteiger partial charge in [-0.1, -0.05) is 0 Å². The van der Waals surface area contributed by atoms with E-state index in [9.17, 15) is 9.59 Å². The number of nitrogen functional groups attached to an aromatic ring is 1. The molecule has 20 heavy (non-hydrogen) atoms. The standard InChI is InChI=1S/C14H16N2O3S/c1-16-13(17)3-2-6-19-14(18)12-8-9-7-10(15)4-5-11(9)20-12/h4-5,7-8H,2-3,6,15H2,1H3,(H,16,17). The van der Waals surface area contributed by atoms with Gasteiger partial charge in [0.2, 0.25) is 5.91 Å². The Hall–Kier alpha value is -2.08. The molecule has 5 nitrogen and oxygen atoms in total. The molecule has 3 N–H and O–H groups in total. The molecule has 0 aliphatic heterocycles. The van der Waals surface area contributed by atoms with Crippen LogP contribution in [0.25, 0.3) is 10.1 Å². The first-order valence-corrected chi connectivity index (χ1v) is 7.08. The third-order valence-electron chi connectivity index (χ3n) is 2.80. The fourth-order valence-corrected chi connectivity index (χ4v) is 2.69. The zero-order valence-corrected chi connectivity index (χ0v) is 12.0. The van der Waals surface area contributed by atoms with Gasteiger partial charge >= 0.3 is 5.97 Å². The van der Waals surface area contributed by atoms with Gasteiger partial charge in [0.15, 0.2) is 0 Å². The van der Waals surface area contributed by atoms with E-state index in [4.69, 9.17) is 10.5 Å². The van der Waals surface area contributed by atoms with E-state index in [0.29, 0.717) is 23.4 Å². The van der Waals surface area contributed by atoms with Crippen LogP contribution >= 0.6 is 11.3 Å². The fraction of sp³-hybridized carbons (Fsp3) is 0.286. The zero-order valence-electron chi connectivity index (χ0n) is 11.1. The van der Waals surface area contributed by atoms with E-state index in [0.717, 1.165) is 10.1 Å². The lowest BCUT2D eigenvalue weighted by Gasteiger charge is -2.02. The molecule has 1 aromatic heterocycles. The maximum Gasteiger partial charge on any atom is 0.348 e. The van der Waals surface area contributed by atoms with Crippen LogP contribution in [0, 0.1) is 0 Å². The molecule has 1 amide bonds. The second-order valence-corrected chi connectivity index (χ2v) is 5.40. The van der Waals surface area contributed by atoms with Gasteiger partial charge in [-0.3, -0.25) is 4.79 Å². The number of esters is 1. The Morgan fingerprint density at radius 1 is 1.35 bits per heavy atom. The minimum absolute atomic E-state index is 0.0570. The van der Waals surface area contributed by atoms with E-state index >= 15 is 0 Å². The summed E-state index contributed by atoms with van der Waals surface area (Å²) >= 11 is 1.37. The van der Waals surface area contributed by atoms with Crippen LogP contribution in [0.4, 0.5) is 5.69 Å². The molecule has 0 spiro atoms. The van der Waals surface area contributed by atoms with Crippen molar-refractivity contribution in [1.82, 2.24) is 5.32 Å². The normalized spacial score (nSPS) is 10.4. The Morgan fingerprint density at radius 2 is 2.15 bits per heavy atom. The maximum atomic E-state index is 11.9. The molecule has 106 valence electrons. The number of carbonyl (C=O) groups is 2. The summed E-state index contributed by atoms with van der Waals surface area (Å²) in [4.78, 5) is 23.4. The van der Waals surface area contributed by atoms with E-state index in [1.807, 2.05) is 12.1 Å². The molecule has 0 aliphatic carbocycles. The molecule has 0 unspecified atom stereocenters. The summed E-state index contributed by atoms with van der Waals surface area (Å²) in [5.74, 6) is -0.417. The van der Waals surface area contributed by atoms with Gasteiger partial charge in [0.05, 0.1) is 6.61 Å². The average molecular weight is 292 g/mol. The van der Waals surface area contributed by atoms with E-state index in [2.05, 4.69) is 5.32 Å². The second-order valence-electron chi connectivity index (χ2n) is 4.32. The zero-order chi connectivity index (χ0) is 14.5. The van der Waals surface area contributed by atoms with Crippen molar-refractivity contribution in [2.75, 3.05) is 19.4 Å². The highest BCUT2D eigenvalue weighted by Crippen LogP contribution is 2.27. The molecule has 0 saturated carbocycles. The molecule has 6 heteroatoms. The molecule has 1 aromatic carbocycles. The lowest BCUT2D eigenvalue weighted by atomic mass is 10.2. The second kappa shape index (κ2) is 6.38. The minimum Gasteiger partial charge on any atom is -0.461 e. The molecule has 0 bridgehead atoms. The highest BCUT2D eigenvalue weighted by Gasteiger charge is 2.12. The third kappa shape index (κ3) is 3.48. The summed E-state index contributed by atoms with van der Waals surface area (Å²) in [5.41, 5.74) is 6.37. The first-order valence-electron chi connectivity index (χ1n) is 6.27. The lowest BCUT2D eigenvalue weighted by molar-refractivity contribution is -0.120. The summed E-state index contributed by atoms with van der Waals surface area (Å²) in [6, 6.07) is 7.29. The fourth-order valence-electron chi connectivity index (χ4n) is 1.76. The smallest absolute Gasteiger partial charge is 0.348 e. The van der Waals surface area contributed by atoms with Crippen LogP contribution in [0.15, 0.2) is 24.3 Å². The lowest BCUT2D eigenvalue weighted by Crippen LogP contribution is -2.18. The van der Waals surface area contributed by atoms with Crippen molar-refractivity contribution in [3.63, 3.8) is 0 Å². The number of rotatable bonds is 5. The minimum atomic E-state index is -0.360. The van der Waals surface area contributed by atoms with Crippen LogP contribution in [0.2, 0.25) is 0 Å². The van der Waals surface area contributed by atoms with Gasteiger partial charge in [-0.2, -0.15) is 0 Å². The molecule has 2 aromatic rings. The van der Waals surface area contributed by atoms with E-state index in [1.165, 1.54) is 11.3 Å². The molecule has 0 radical (unpaired) electrons. The van der Waals surface area contributed by atoms with Crippen LogP contribution in [0.1, 0.15) is 22.5 Å². The Balaban J connectivity index is 1.92. The molecule has 2 rings (SSSR count). The predicted molar refractivity (Wildman–Crippen MR) is 79.8 cm³/mol. The molecular formula is C14H16N2O3S. The van der Waals surface area contributed by atoms with E-state index in [1.54, 1.807) is 19.2 Å². The first kappa shape index (κ1) is 14.3. The van der Waals surface area contributed by atoms with Gasteiger partial charge in [0.25, 0.3) is 0 Å². The summed E-state index contributed by atoms with van der Waals surface area (Å²) < 4.78 is 6.14. The number of thiophene rings is 1. The highest BCUT2D eigenvalue weighted by molar-refractivity contribution is 7.20. The van der Waals surface area contributed by atoms with Gasteiger partial charge in [-0.25, -0.2) is 4.79 Å². The average Bonchev–Trinajstić information content (AvgIpc) is 2.86. The van der Waals surface area contributed by atoms with Crippen molar-refractivity contribution in [3.05, 3.63) is 29.1 Å². The third-order valence-corrected chi connectivity index (χ3v) is 3.90. The number of hydrogen-bond acceptors (Lipinski definition) is 5. The van der Waals surface area contributed by atoms with Gasteiger partial charge in [0.1, 0.15) is 4.88 Å². The summed E-state index contributed by atoms with van der Waals surface area (Å²) in [7, 11) is 1.58. The summed E-state index contributed by atoms with van der Waals surface area (Å²) in [5, 5.41) is 3.46. The van der Waals surface area contributed by atoms with Crippen LogP contribution in [-0.4, -0.2) is 25.5 Å². The molecule has 1 heterocycles. The monoisotopic (exact) mass is 292 g/mol. The van der Waals surface area contributed by atoms with Crippen molar-refractivity contribution in [3.8, 4) is 0 Å². The number of ether oxygens (including phenoxy) is 1. The SMILES string of the molecule is CNC(=O)CCCOC(=O)c1cc2cc(N)ccc2s1. The highest BCUT2D eigenvalue weighted by atomic mass is 32.1. The van der Waals surface area contributed by atoms with Crippen LogP contribution < -0.4 is 11.1 Å². The Morgan fingerprint density at radius 3 is 2.90 bits per heavy atom. The Labute approximate surface area is 120 Å². The number of hydrogen-bond donors (Lipinski definition) is 2. The number of fused-ring (bicyclic) bond motifs is 1. The van der Waals surface area contributed by atoms with Crippen molar-refractivity contribution in [2.45, 2.75) is 12.8 Å². The number of benzene rings is 1. The van der Waals surface area contributed by atoms with Crippen molar-refractivity contribution >= 4 is 39.0 Å². The van der Waals surface area contributed by atoms with E-state index in [-0.39, 0.29) is 18.5 Å². The summed E-state index contributed by atoms with van der Waals surface area (Å²) in [6.07, 6.45) is 0.871. The van der Waals surface area contributed by atoms with Gasteiger partial charge in [0, 0.05) is 23.9 Å². The van der Waals surface area contributed by atoms with Gasteiger partial charge < -0.3 is 15.8 Å². The van der Waals surface area contributed by atoms with Crippen molar-refractivity contribution in [2.24, 2.45) is 0 Å². The first-order chi connectivity index (χ1) is 9.60. The van der Waals surface area contributed by atoms with Crippen molar-refractivity contribution < 1.29 is 14.3 Å².